The Balaban J connectivity index is 2.76. The van der Waals surface area contributed by atoms with Gasteiger partial charge in [0.15, 0.2) is 5.84 Å². The molecular formula is C11H15ClN2O4S. The number of nitrogens with two attached hydrogens (primary N) is 1. The summed E-state index contributed by atoms with van der Waals surface area (Å²) >= 11 is 5.94. The quantitative estimate of drug-likeness (QED) is 0.271. The first kappa shape index (κ1) is 15.6. The van der Waals surface area contributed by atoms with E-state index in [0.29, 0.717) is 12.2 Å². The van der Waals surface area contributed by atoms with Gasteiger partial charge < -0.3 is 15.7 Å². The number of benzene rings is 1. The Bertz CT molecular complexity index is 572. The fourth-order valence-corrected chi connectivity index (χ4v) is 2.33. The predicted molar refractivity (Wildman–Crippen MR) is 73.8 cm³/mol. The topological polar surface area (TPSA) is 102 Å². The third kappa shape index (κ3) is 4.96. The Morgan fingerprint density at radius 2 is 2.21 bits per heavy atom. The SMILES string of the molecule is CS(=O)(=O)CCCOc1cccc(Cl)c1/C(N)=N/O. The third-order valence-corrected chi connectivity index (χ3v) is 3.60. The lowest BCUT2D eigenvalue weighted by atomic mass is 10.2. The molecular weight excluding hydrogens is 292 g/mol. The van der Waals surface area contributed by atoms with Crippen LogP contribution in [0.1, 0.15) is 12.0 Å². The smallest absolute Gasteiger partial charge is 0.175 e. The zero-order chi connectivity index (χ0) is 14.5. The van der Waals surface area contributed by atoms with Crippen molar-refractivity contribution in [2.24, 2.45) is 10.9 Å². The molecule has 0 fully saturated rings. The first-order valence-electron chi connectivity index (χ1n) is 5.42. The number of nitrogens with zero attached hydrogens (tertiary/aromatic N) is 1. The zero-order valence-corrected chi connectivity index (χ0v) is 11.9. The van der Waals surface area contributed by atoms with E-state index in [0.717, 1.165) is 6.26 Å². The lowest BCUT2D eigenvalue weighted by molar-refractivity contribution is 0.312. The van der Waals surface area contributed by atoms with Crippen LogP contribution in [-0.4, -0.2) is 38.1 Å². The third-order valence-electron chi connectivity index (χ3n) is 2.26. The van der Waals surface area contributed by atoms with E-state index in [2.05, 4.69) is 5.16 Å². The maximum Gasteiger partial charge on any atom is 0.175 e. The van der Waals surface area contributed by atoms with Crippen molar-refractivity contribution in [2.45, 2.75) is 6.42 Å². The van der Waals surface area contributed by atoms with Crippen molar-refractivity contribution in [3.63, 3.8) is 0 Å². The molecule has 0 atom stereocenters. The number of oxime groups is 1. The van der Waals surface area contributed by atoms with Crippen LogP contribution in [0.15, 0.2) is 23.4 Å². The highest BCUT2D eigenvalue weighted by molar-refractivity contribution is 7.90. The van der Waals surface area contributed by atoms with Crippen LogP contribution in [0.2, 0.25) is 5.02 Å². The van der Waals surface area contributed by atoms with Crippen molar-refractivity contribution < 1.29 is 18.4 Å². The van der Waals surface area contributed by atoms with Gasteiger partial charge in [0.2, 0.25) is 0 Å². The minimum atomic E-state index is -3.01. The molecule has 0 spiro atoms. The summed E-state index contributed by atoms with van der Waals surface area (Å²) in [4.78, 5) is 0. The molecule has 0 saturated heterocycles. The largest absolute Gasteiger partial charge is 0.493 e. The van der Waals surface area contributed by atoms with Crippen molar-refractivity contribution in [1.29, 1.82) is 0 Å². The highest BCUT2D eigenvalue weighted by Crippen LogP contribution is 2.26. The fourth-order valence-electron chi connectivity index (χ4n) is 1.43. The molecule has 0 aliphatic rings. The molecule has 6 nitrogen and oxygen atoms in total. The molecule has 1 rings (SSSR count). The number of rotatable bonds is 6. The second-order valence-electron chi connectivity index (χ2n) is 3.93. The number of hydrogen-bond acceptors (Lipinski definition) is 5. The molecule has 1 aromatic carbocycles. The van der Waals surface area contributed by atoms with Crippen LogP contribution >= 0.6 is 11.6 Å². The molecule has 0 amide bonds. The van der Waals surface area contributed by atoms with Crippen LogP contribution in [0.25, 0.3) is 0 Å². The lowest BCUT2D eigenvalue weighted by Crippen LogP contribution is -2.16. The van der Waals surface area contributed by atoms with Crippen LogP contribution in [0.3, 0.4) is 0 Å². The Hall–Kier alpha value is -1.47. The molecule has 0 aliphatic carbocycles. The van der Waals surface area contributed by atoms with E-state index >= 15 is 0 Å². The van der Waals surface area contributed by atoms with Gasteiger partial charge in [-0.05, 0) is 18.6 Å². The lowest BCUT2D eigenvalue weighted by Gasteiger charge is -2.11. The molecule has 0 bridgehead atoms. The van der Waals surface area contributed by atoms with E-state index in [9.17, 15) is 8.42 Å². The van der Waals surface area contributed by atoms with Gasteiger partial charge in [0.1, 0.15) is 15.6 Å². The molecule has 8 heteroatoms. The highest BCUT2D eigenvalue weighted by atomic mass is 35.5. The van der Waals surface area contributed by atoms with Crippen molar-refractivity contribution in [3.8, 4) is 5.75 Å². The number of amidine groups is 1. The minimum absolute atomic E-state index is 0.0342. The second kappa shape index (κ2) is 6.63. The number of sulfone groups is 1. The van der Waals surface area contributed by atoms with Gasteiger partial charge in [-0.1, -0.05) is 22.8 Å². The summed E-state index contributed by atoms with van der Waals surface area (Å²) in [6, 6.07) is 4.85. The predicted octanol–water partition coefficient (Wildman–Crippen LogP) is 1.25. The molecule has 3 N–H and O–H groups in total. The summed E-state index contributed by atoms with van der Waals surface area (Å²) in [5.41, 5.74) is 5.79. The van der Waals surface area contributed by atoms with Gasteiger partial charge in [-0.3, -0.25) is 0 Å². The minimum Gasteiger partial charge on any atom is -0.493 e. The van der Waals surface area contributed by atoms with Gasteiger partial charge in [0.05, 0.1) is 22.9 Å². The van der Waals surface area contributed by atoms with Crippen LogP contribution in [-0.2, 0) is 9.84 Å². The van der Waals surface area contributed by atoms with Gasteiger partial charge in [0.25, 0.3) is 0 Å². The van der Waals surface area contributed by atoms with E-state index in [4.69, 9.17) is 27.3 Å². The van der Waals surface area contributed by atoms with Crippen molar-refractivity contribution >= 4 is 27.3 Å². The summed E-state index contributed by atoms with van der Waals surface area (Å²) in [5.74, 6) is 0.215. The second-order valence-corrected chi connectivity index (χ2v) is 6.60. The van der Waals surface area contributed by atoms with Crippen molar-refractivity contribution in [3.05, 3.63) is 28.8 Å². The first-order valence-corrected chi connectivity index (χ1v) is 7.86. The standard InChI is InChI=1S/C11H15ClN2O4S/c1-19(16,17)7-3-6-18-9-5-2-4-8(12)10(9)11(13)14-15/h2,4-5,15H,3,6-7H2,1H3,(H2,13,14). The van der Waals surface area contributed by atoms with Crippen LogP contribution in [0.5, 0.6) is 5.75 Å². The summed E-state index contributed by atoms with van der Waals surface area (Å²) in [6.07, 6.45) is 1.51. The molecule has 106 valence electrons. The molecule has 1 aromatic rings. The summed E-state index contributed by atoms with van der Waals surface area (Å²) in [6.45, 7) is 0.194. The van der Waals surface area contributed by atoms with Crippen LogP contribution < -0.4 is 10.5 Å². The first-order chi connectivity index (χ1) is 8.85. The van der Waals surface area contributed by atoms with E-state index < -0.39 is 9.84 Å². The molecule has 0 aromatic heterocycles. The molecule has 0 radical (unpaired) electrons. The van der Waals surface area contributed by atoms with Gasteiger partial charge in [-0.2, -0.15) is 0 Å². The molecule has 0 saturated carbocycles. The van der Waals surface area contributed by atoms with Crippen LogP contribution in [0.4, 0.5) is 0 Å². The monoisotopic (exact) mass is 306 g/mol. The number of ether oxygens (including phenoxy) is 1. The van der Waals surface area contributed by atoms with Gasteiger partial charge in [-0.25, -0.2) is 8.42 Å². The van der Waals surface area contributed by atoms with Gasteiger partial charge >= 0.3 is 0 Å². The zero-order valence-electron chi connectivity index (χ0n) is 10.3. The van der Waals surface area contributed by atoms with E-state index in [1.165, 1.54) is 0 Å². The van der Waals surface area contributed by atoms with Crippen LogP contribution in [0, 0.1) is 0 Å². The van der Waals surface area contributed by atoms with Crippen molar-refractivity contribution in [1.82, 2.24) is 0 Å². The molecule has 0 heterocycles. The van der Waals surface area contributed by atoms with Crippen molar-refractivity contribution in [2.75, 3.05) is 18.6 Å². The maximum absolute atomic E-state index is 11.0. The average Bonchev–Trinajstić information content (AvgIpc) is 2.33. The fraction of sp³-hybridized carbons (Fsp3) is 0.364. The normalized spacial score (nSPS) is 12.4. The number of hydrogen-bond donors (Lipinski definition) is 2. The Morgan fingerprint density at radius 3 is 2.79 bits per heavy atom. The number of halogens is 1. The molecule has 0 unspecified atom stereocenters. The van der Waals surface area contributed by atoms with E-state index in [1.54, 1.807) is 18.2 Å². The van der Waals surface area contributed by atoms with Gasteiger partial charge in [0, 0.05) is 6.26 Å². The Morgan fingerprint density at radius 1 is 1.53 bits per heavy atom. The summed E-state index contributed by atoms with van der Waals surface area (Å²) in [7, 11) is -3.01. The molecule has 19 heavy (non-hydrogen) atoms. The Labute approximate surface area is 116 Å². The Kier molecular flexibility index (Phi) is 5.44. The summed E-state index contributed by atoms with van der Waals surface area (Å²) in [5, 5.41) is 11.9. The van der Waals surface area contributed by atoms with Gasteiger partial charge in [-0.15, -0.1) is 0 Å². The molecule has 0 aliphatic heterocycles. The van der Waals surface area contributed by atoms with E-state index in [1.807, 2.05) is 0 Å². The average molecular weight is 307 g/mol. The summed E-state index contributed by atoms with van der Waals surface area (Å²) < 4.78 is 27.4. The maximum atomic E-state index is 11.0. The van der Waals surface area contributed by atoms with E-state index in [-0.39, 0.29) is 28.8 Å². The highest BCUT2D eigenvalue weighted by Gasteiger charge is 2.13.